The average Bonchev–Trinajstić information content (AvgIpc) is 2.66. The van der Waals surface area contributed by atoms with E-state index < -0.39 is 0 Å². The number of phenols is 1. The predicted octanol–water partition coefficient (Wildman–Crippen LogP) is 1.48. The molecular weight excluding hydrogens is 264 g/mol. The van der Waals surface area contributed by atoms with Crippen molar-refractivity contribution in [3.63, 3.8) is 0 Å². The smallest absolute Gasteiger partial charge is 0.276 e. The number of hydrogen-bond donors (Lipinski definition) is 2. The monoisotopic (exact) mass is 278 g/mol. The molecule has 6 heteroatoms. The molecule has 2 rings (SSSR count). The molecular formula is C13H14N2O3S. The van der Waals surface area contributed by atoms with Gasteiger partial charge in [-0.2, -0.15) is 0 Å². The summed E-state index contributed by atoms with van der Waals surface area (Å²) in [5, 5.41) is 12.8. The number of methoxy groups -OCH3 is 1. The zero-order chi connectivity index (χ0) is 14.0. The second-order valence-electron chi connectivity index (χ2n) is 3.97. The van der Waals surface area contributed by atoms with Gasteiger partial charge < -0.3 is 15.2 Å². The first kappa shape index (κ1) is 13.4. The fraction of sp³-hybridized carbons (Fsp3) is 0.231. The SMILES string of the molecule is CCN1C(=O)/C(=C/c2ccc(O)c(OC)c2)NC1=S. The molecule has 0 radical (unpaired) electrons. The molecule has 1 aliphatic heterocycles. The van der Waals surface area contributed by atoms with Crippen LogP contribution in [0.2, 0.25) is 0 Å². The molecule has 1 saturated heterocycles. The van der Waals surface area contributed by atoms with E-state index in [1.165, 1.54) is 18.1 Å². The molecule has 5 nitrogen and oxygen atoms in total. The highest BCUT2D eigenvalue weighted by molar-refractivity contribution is 7.80. The van der Waals surface area contributed by atoms with E-state index in [0.29, 0.717) is 23.1 Å². The summed E-state index contributed by atoms with van der Waals surface area (Å²) >= 11 is 5.07. The van der Waals surface area contributed by atoms with Gasteiger partial charge in [0.05, 0.1) is 7.11 Å². The minimum absolute atomic E-state index is 0.0565. The van der Waals surface area contributed by atoms with Crippen LogP contribution in [0.3, 0.4) is 0 Å². The lowest BCUT2D eigenvalue weighted by Crippen LogP contribution is -2.30. The Morgan fingerprint density at radius 3 is 2.84 bits per heavy atom. The summed E-state index contributed by atoms with van der Waals surface area (Å²) in [7, 11) is 1.47. The van der Waals surface area contributed by atoms with Crippen molar-refractivity contribution in [1.29, 1.82) is 0 Å². The molecule has 1 aliphatic rings. The molecule has 19 heavy (non-hydrogen) atoms. The van der Waals surface area contributed by atoms with E-state index >= 15 is 0 Å². The summed E-state index contributed by atoms with van der Waals surface area (Å²) in [6, 6.07) is 4.85. The minimum atomic E-state index is -0.153. The van der Waals surface area contributed by atoms with E-state index in [2.05, 4.69) is 5.32 Å². The Hall–Kier alpha value is -2.08. The number of ether oxygens (including phenoxy) is 1. The van der Waals surface area contributed by atoms with Crippen molar-refractivity contribution in [2.45, 2.75) is 6.92 Å². The number of phenolic OH excluding ortho intramolecular Hbond substituents is 1. The maximum absolute atomic E-state index is 12.0. The third-order valence-corrected chi connectivity index (χ3v) is 3.12. The van der Waals surface area contributed by atoms with E-state index in [1.807, 2.05) is 6.92 Å². The normalized spacial score (nSPS) is 16.9. The van der Waals surface area contributed by atoms with Crippen LogP contribution in [-0.4, -0.2) is 34.7 Å². The Bertz CT molecular complexity index is 569. The van der Waals surface area contributed by atoms with E-state index in [0.717, 1.165) is 5.56 Å². The number of benzene rings is 1. The van der Waals surface area contributed by atoms with Crippen LogP contribution in [0.25, 0.3) is 6.08 Å². The van der Waals surface area contributed by atoms with Gasteiger partial charge >= 0.3 is 0 Å². The molecule has 0 spiro atoms. The molecule has 1 fully saturated rings. The molecule has 1 aromatic rings. The van der Waals surface area contributed by atoms with Gasteiger partial charge in [0.2, 0.25) is 0 Å². The second kappa shape index (κ2) is 5.27. The molecule has 0 saturated carbocycles. The summed E-state index contributed by atoms with van der Waals surface area (Å²) < 4.78 is 5.02. The summed E-state index contributed by atoms with van der Waals surface area (Å²) in [6.45, 7) is 2.39. The number of hydrogen-bond acceptors (Lipinski definition) is 4. The summed E-state index contributed by atoms with van der Waals surface area (Å²) in [5.74, 6) is 0.260. The van der Waals surface area contributed by atoms with Gasteiger partial charge in [0.1, 0.15) is 5.70 Å². The predicted molar refractivity (Wildman–Crippen MR) is 75.8 cm³/mol. The second-order valence-corrected chi connectivity index (χ2v) is 4.36. The first-order chi connectivity index (χ1) is 9.06. The zero-order valence-corrected chi connectivity index (χ0v) is 11.5. The Morgan fingerprint density at radius 1 is 1.53 bits per heavy atom. The standard InChI is InChI=1S/C13H14N2O3S/c1-3-15-12(17)9(14-13(15)19)6-8-4-5-10(16)11(7-8)18-2/h4-7,16H,3H2,1-2H3,(H,14,19)/b9-6-. The maximum atomic E-state index is 12.0. The summed E-state index contributed by atoms with van der Waals surface area (Å²) in [4.78, 5) is 13.5. The van der Waals surface area contributed by atoms with Gasteiger partial charge in [-0.1, -0.05) is 6.07 Å². The number of rotatable bonds is 3. The van der Waals surface area contributed by atoms with Gasteiger partial charge in [-0.25, -0.2) is 0 Å². The van der Waals surface area contributed by atoms with Crippen molar-refractivity contribution in [2.24, 2.45) is 0 Å². The fourth-order valence-electron chi connectivity index (χ4n) is 1.81. The van der Waals surface area contributed by atoms with Crippen LogP contribution >= 0.6 is 12.2 Å². The van der Waals surface area contributed by atoms with Crippen molar-refractivity contribution in [1.82, 2.24) is 10.2 Å². The molecule has 2 N–H and O–H groups in total. The molecule has 0 aliphatic carbocycles. The lowest BCUT2D eigenvalue weighted by molar-refractivity contribution is -0.122. The van der Waals surface area contributed by atoms with Gasteiger partial charge in [-0.15, -0.1) is 0 Å². The number of likely N-dealkylation sites (N-methyl/N-ethyl adjacent to an activating group) is 1. The van der Waals surface area contributed by atoms with Gasteiger partial charge in [-0.05, 0) is 42.9 Å². The highest BCUT2D eigenvalue weighted by Gasteiger charge is 2.28. The van der Waals surface area contributed by atoms with E-state index in [1.54, 1.807) is 18.2 Å². The minimum Gasteiger partial charge on any atom is -0.504 e. The lowest BCUT2D eigenvalue weighted by atomic mass is 10.1. The lowest BCUT2D eigenvalue weighted by Gasteiger charge is -2.08. The number of nitrogens with zero attached hydrogens (tertiary/aromatic N) is 1. The van der Waals surface area contributed by atoms with Crippen molar-refractivity contribution in [2.75, 3.05) is 13.7 Å². The van der Waals surface area contributed by atoms with E-state index in [-0.39, 0.29) is 11.7 Å². The summed E-state index contributed by atoms with van der Waals surface area (Å²) in [5.41, 5.74) is 1.16. The number of thiocarbonyl (C=S) groups is 1. The Balaban J connectivity index is 2.32. The van der Waals surface area contributed by atoms with Gasteiger partial charge in [0.25, 0.3) is 5.91 Å². The van der Waals surface area contributed by atoms with Crippen LogP contribution in [0.5, 0.6) is 11.5 Å². The maximum Gasteiger partial charge on any atom is 0.276 e. The van der Waals surface area contributed by atoms with Gasteiger partial charge in [-0.3, -0.25) is 9.69 Å². The zero-order valence-electron chi connectivity index (χ0n) is 10.6. The molecule has 0 aromatic heterocycles. The first-order valence-corrected chi connectivity index (χ1v) is 6.19. The largest absolute Gasteiger partial charge is 0.504 e. The van der Waals surface area contributed by atoms with Crippen LogP contribution in [0.4, 0.5) is 0 Å². The van der Waals surface area contributed by atoms with Crippen LogP contribution < -0.4 is 10.1 Å². The molecule has 0 atom stereocenters. The number of carbonyl (C=O) groups is 1. The average molecular weight is 278 g/mol. The Kier molecular flexibility index (Phi) is 3.71. The topological polar surface area (TPSA) is 61.8 Å². The molecule has 0 unspecified atom stereocenters. The molecule has 1 heterocycles. The van der Waals surface area contributed by atoms with Crippen molar-refractivity contribution >= 4 is 29.3 Å². The number of aromatic hydroxyl groups is 1. The van der Waals surface area contributed by atoms with E-state index in [9.17, 15) is 9.90 Å². The van der Waals surface area contributed by atoms with E-state index in [4.69, 9.17) is 17.0 Å². The Morgan fingerprint density at radius 2 is 2.26 bits per heavy atom. The number of carbonyl (C=O) groups excluding carboxylic acids is 1. The molecule has 0 bridgehead atoms. The third kappa shape index (κ3) is 2.53. The first-order valence-electron chi connectivity index (χ1n) is 5.78. The fourth-order valence-corrected chi connectivity index (χ4v) is 2.13. The van der Waals surface area contributed by atoms with Gasteiger partial charge in [0, 0.05) is 6.54 Å². The van der Waals surface area contributed by atoms with Crippen LogP contribution in [0, 0.1) is 0 Å². The molecule has 1 amide bonds. The number of amides is 1. The molecule has 1 aromatic carbocycles. The van der Waals surface area contributed by atoms with Crippen molar-refractivity contribution in [3.05, 3.63) is 29.5 Å². The van der Waals surface area contributed by atoms with Gasteiger partial charge in [0.15, 0.2) is 16.6 Å². The summed E-state index contributed by atoms with van der Waals surface area (Å²) in [6.07, 6.45) is 1.67. The van der Waals surface area contributed by atoms with Crippen LogP contribution in [0.15, 0.2) is 23.9 Å². The van der Waals surface area contributed by atoms with Crippen LogP contribution in [-0.2, 0) is 4.79 Å². The third-order valence-electron chi connectivity index (χ3n) is 2.79. The Labute approximate surface area is 116 Å². The number of nitrogens with one attached hydrogen (secondary N) is 1. The van der Waals surface area contributed by atoms with Crippen molar-refractivity contribution in [3.8, 4) is 11.5 Å². The highest BCUT2D eigenvalue weighted by atomic mass is 32.1. The van der Waals surface area contributed by atoms with Crippen molar-refractivity contribution < 1.29 is 14.6 Å². The molecule has 100 valence electrons. The quantitative estimate of drug-likeness (QED) is 0.648. The highest BCUT2D eigenvalue weighted by Crippen LogP contribution is 2.27. The van der Waals surface area contributed by atoms with Crippen LogP contribution in [0.1, 0.15) is 12.5 Å².